The number of ether oxygens (including phenoxy) is 1. The molecule has 1 saturated carbocycles. The molecule has 1 aromatic rings. The van der Waals surface area contributed by atoms with E-state index in [9.17, 15) is 19.6 Å². The third kappa shape index (κ3) is 2.76. The second-order valence-corrected chi connectivity index (χ2v) is 4.38. The van der Waals surface area contributed by atoms with E-state index in [0.717, 1.165) is 31.0 Å². The minimum atomic E-state index is -0.651. The van der Waals surface area contributed by atoms with Gasteiger partial charge in [-0.25, -0.2) is 4.39 Å². The number of aliphatic hydroxyl groups is 1. The molecular weight excluding hydrogens is 241 g/mol. The fourth-order valence-electron chi connectivity index (χ4n) is 2.11. The smallest absolute Gasteiger partial charge is 0.311 e. The Bertz CT molecular complexity index is 452. The average Bonchev–Trinajstić information content (AvgIpc) is 2.32. The van der Waals surface area contributed by atoms with Crippen LogP contribution in [-0.4, -0.2) is 22.2 Å². The van der Waals surface area contributed by atoms with Crippen LogP contribution < -0.4 is 4.74 Å². The van der Waals surface area contributed by atoms with Crippen LogP contribution in [0.15, 0.2) is 18.2 Å². The van der Waals surface area contributed by atoms with Gasteiger partial charge in [-0.05, 0) is 25.3 Å². The fraction of sp³-hybridized carbons (Fsp3) is 0.500. The Balaban J connectivity index is 2.21. The summed E-state index contributed by atoms with van der Waals surface area (Å²) in [4.78, 5) is 10.2. The van der Waals surface area contributed by atoms with Crippen molar-refractivity contribution < 1.29 is 19.2 Å². The summed E-state index contributed by atoms with van der Waals surface area (Å²) >= 11 is 0. The highest BCUT2D eigenvalue weighted by Gasteiger charge is 2.27. The number of halogens is 1. The first-order chi connectivity index (χ1) is 8.58. The molecular formula is C12H14FNO4. The Morgan fingerprint density at radius 2 is 2.11 bits per heavy atom. The van der Waals surface area contributed by atoms with Crippen LogP contribution in [0.5, 0.6) is 5.75 Å². The predicted octanol–water partition coefficient (Wildman–Crippen LogP) is 2.42. The molecule has 1 aromatic carbocycles. The van der Waals surface area contributed by atoms with Crippen molar-refractivity contribution >= 4 is 5.69 Å². The molecule has 0 radical (unpaired) electrons. The minimum absolute atomic E-state index is 0.119. The molecule has 0 amide bonds. The van der Waals surface area contributed by atoms with Gasteiger partial charge in [0.1, 0.15) is 11.9 Å². The Kier molecular flexibility index (Phi) is 3.76. The predicted molar refractivity (Wildman–Crippen MR) is 61.9 cm³/mol. The number of nitro benzene ring substituents is 1. The molecule has 5 nitrogen and oxygen atoms in total. The molecule has 0 aromatic heterocycles. The number of nitro groups is 1. The third-order valence-electron chi connectivity index (χ3n) is 3.06. The fourth-order valence-corrected chi connectivity index (χ4v) is 2.11. The summed E-state index contributed by atoms with van der Waals surface area (Å²) in [7, 11) is 0. The number of hydrogen-bond acceptors (Lipinski definition) is 4. The Morgan fingerprint density at radius 1 is 1.39 bits per heavy atom. The minimum Gasteiger partial charge on any atom is -0.481 e. The van der Waals surface area contributed by atoms with E-state index in [1.54, 1.807) is 0 Å². The van der Waals surface area contributed by atoms with Gasteiger partial charge < -0.3 is 9.84 Å². The topological polar surface area (TPSA) is 72.6 Å². The maximum atomic E-state index is 13.1. The zero-order chi connectivity index (χ0) is 13.1. The van der Waals surface area contributed by atoms with E-state index in [4.69, 9.17) is 4.74 Å². The van der Waals surface area contributed by atoms with Gasteiger partial charge in [0.05, 0.1) is 11.0 Å². The first-order valence-corrected chi connectivity index (χ1v) is 5.86. The lowest BCUT2D eigenvalue weighted by atomic mass is 9.95. The second-order valence-electron chi connectivity index (χ2n) is 4.38. The van der Waals surface area contributed by atoms with Gasteiger partial charge >= 0.3 is 5.69 Å². The van der Waals surface area contributed by atoms with Crippen LogP contribution in [0, 0.1) is 15.9 Å². The van der Waals surface area contributed by atoms with E-state index in [1.165, 1.54) is 0 Å². The van der Waals surface area contributed by atoms with Crippen LogP contribution in [0.3, 0.4) is 0 Å². The molecule has 2 atom stereocenters. The van der Waals surface area contributed by atoms with Crippen molar-refractivity contribution in [1.29, 1.82) is 0 Å². The molecule has 1 N–H and O–H groups in total. The first kappa shape index (κ1) is 12.8. The highest BCUT2D eigenvalue weighted by atomic mass is 19.1. The van der Waals surface area contributed by atoms with Gasteiger partial charge in [0.2, 0.25) is 0 Å². The van der Waals surface area contributed by atoms with Gasteiger partial charge in [0.25, 0.3) is 0 Å². The van der Waals surface area contributed by atoms with Crippen LogP contribution in [0.25, 0.3) is 0 Å². The lowest BCUT2D eigenvalue weighted by Gasteiger charge is -2.27. The van der Waals surface area contributed by atoms with Crippen molar-refractivity contribution in [1.82, 2.24) is 0 Å². The summed E-state index contributed by atoms with van der Waals surface area (Å²) in [5.41, 5.74) is -0.283. The normalized spacial score (nSPS) is 23.7. The highest BCUT2D eigenvalue weighted by Crippen LogP contribution is 2.31. The van der Waals surface area contributed by atoms with E-state index in [-0.39, 0.29) is 11.4 Å². The van der Waals surface area contributed by atoms with Gasteiger partial charge in [-0.2, -0.15) is 0 Å². The van der Waals surface area contributed by atoms with Gasteiger partial charge in [-0.15, -0.1) is 0 Å². The summed E-state index contributed by atoms with van der Waals surface area (Å²) < 4.78 is 18.5. The standard InChI is InChI=1S/C12H14FNO4/c13-8-5-6-9(14(16)17)12(7-8)18-11-4-2-1-3-10(11)15/h5-7,10-11,15H,1-4H2/t10?,11-/m1/s1. The van der Waals surface area contributed by atoms with E-state index in [2.05, 4.69) is 0 Å². The molecule has 6 heteroatoms. The Labute approximate surface area is 103 Å². The summed E-state index contributed by atoms with van der Waals surface area (Å²) in [5, 5.41) is 20.5. The average molecular weight is 255 g/mol. The summed E-state index contributed by atoms with van der Waals surface area (Å²) in [6.45, 7) is 0. The number of benzene rings is 1. The number of nitrogens with zero attached hydrogens (tertiary/aromatic N) is 1. The molecule has 1 aliphatic carbocycles. The van der Waals surface area contributed by atoms with Crippen molar-refractivity contribution in [3.8, 4) is 5.75 Å². The van der Waals surface area contributed by atoms with Crippen molar-refractivity contribution in [2.45, 2.75) is 37.9 Å². The molecule has 0 spiro atoms. The first-order valence-electron chi connectivity index (χ1n) is 5.86. The van der Waals surface area contributed by atoms with Gasteiger partial charge in [-0.3, -0.25) is 10.1 Å². The van der Waals surface area contributed by atoms with Crippen LogP contribution in [0.2, 0.25) is 0 Å². The molecule has 0 heterocycles. The summed E-state index contributed by atoms with van der Waals surface area (Å²) in [5.74, 6) is -0.716. The van der Waals surface area contributed by atoms with Crippen LogP contribution in [0.1, 0.15) is 25.7 Å². The highest BCUT2D eigenvalue weighted by molar-refractivity contribution is 5.46. The summed E-state index contributed by atoms with van der Waals surface area (Å²) in [6.07, 6.45) is 1.88. The van der Waals surface area contributed by atoms with E-state index in [1.807, 2.05) is 0 Å². The van der Waals surface area contributed by atoms with Crippen molar-refractivity contribution in [2.75, 3.05) is 0 Å². The van der Waals surface area contributed by atoms with Gasteiger partial charge in [0.15, 0.2) is 5.75 Å². The van der Waals surface area contributed by atoms with Gasteiger partial charge in [0, 0.05) is 12.1 Å². The Hall–Kier alpha value is -1.69. The molecule has 0 aliphatic heterocycles. The second kappa shape index (κ2) is 5.30. The summed E-state index contributed by atoms with van der Waals surface area (Å²) in [6, 6.07) is 3.07. The van der Waals surface area contributed by atoms with Gasteiger partial charge in [-0.1, -0.05) is 6.42 Å². The van der Waals surface area contributed by atoms with Crippen LogP contribution in [-0.2, 0) is 0 Å². The maximum Gasteiger partial charge on any atom is 0.311 e. The van der Waals surface area contributed by atoms with E-state index >= 15 is 0 Å². The van der Waals surface area contributed by atoms with Crippen molar-refractivity contribution in [3.63, 3.8) is 0 Å². The molecule has 1 unspecified atom stereocenters. The SMILES string of the molecule is O=[N+]([O-])c1ccc(F)cc1O[C@@H]1CCCCC1O. The van der Waals surface area contributed by atoms with Crippen molar-refractivity contribution in [3.05, 3.63) is 34.1 Å². The van der Waals surface area contributed by atoms with Crippen molar-refractivity contribution in [2.24, 2.45) is 0 Å². The number of aliphatic hydroxyl groups excluding tert-OH is 1. The van der Waals surface area contributed by atoms with E-state index < -0.39 is 22.9 Å². The molecule has 0 bridgehead atoms. The molecule has 1 fully saturated rings. The van der Waals surface area contributed by atoms with E-state index in [0.29, 0.717) is 12.8 Å². The quantitative estimate of drug-likeness (QED) is 0.665. The maximum absolute atomic E-state index is 13.1. The molecule has 98 valence electrons. The monoisotopic (exact) mass is 255 g/mol. The number of hydrogen-bond donors (Lipinski definition) is 1. The lowest BCUT2D eigenvalue weighted by Crippen LogP contribution is -2.34. The zero-order valence-electron chi connectivity index (χ0n) is 9.71. The molecule has 1 aliphatic rings. The lowest BCUT2D eigenvalue weighted by molar-refractivity contribution is -0.386. The molecule has 18 heavy (non-hydrogen) atoms. The Morgan fingerprint density at radius 3 is 2.78 bits per heavy atom. The zero-order valence-corrected chi connectivity index (χ0v) is 9.71. The van der Waals surface area contributed by atoms with Crippen LogP contribution >= 0.6 is 0 Å². The molecule has 0 saturated heterocycles. The van der Waals surface area contributed by atoms with Crippen LogP contribution in [0.4, 0.5) is 10.1 Å². The third-order valence-corrected chi connectivity index (χ3v) is 3.06. The number of rotatable bonds is 3. The molecule has 2 rings (SSSR count). The largest absolute Gasteiger partial charge is 0.481 e.